The Labute approximate surface area is 120 Å². The zero-order valence-corrected chi connectivity index (χ0v) is 13.7. The lowest BCUT2D eigenvalue weighted by molar-refractivity contribution is 0.486. The Morgan fingerprint density at radius 2 is 2.00 bits per heavy atom. The molecular weight excluding hydrogens is 230 g/mol. The summed E-state index contributed by atoms with van der Waals surface area (Å²) in [7, 11) is 0. The summed E-state index contributed by atoms with van der Waals surface area (Å²) in [5.74, 6) is 1.57. The molecule has 1 fully saturated rings. The maximum atomic E-state index is 7.91. The van der Waals surface area contributed by atoms with Crippen LogP contribution in [0.4, 0.5) is 0 Å². The number of rotatable bonds is 9. The standard InChI is InChI=1S/C18H33N/c1-6-9-16(12-17(19)7-2)11-10-14(4)18(8-3)13-15(18)5/h10,15-16,19H,6-9,11-13H2,1-5H3/b14-10+,19-17?/t15-,16?,18-/m0/s1. The van der Waals surface area contributed by atoms with Gasteiger partial charge in [0, 0.05) is 5.71 Å². The van der Waals surface area contributed by atoms with Crippen molar-refractivity contribution in [2.75, 3.05) is 0 Å². The third-order valence-electron chi connectivity index (χ3n) is 5.29. The summed E-state index contributed by atoms with van der Waals surface area (Å²) in [5.41, 5.74) is 3.08. The summed E-state index contributed by atoms with van der Waals surface area (Å²) >= 11 is 0. The first-order valence-electron chi connectivity index (χ1n) is 8.23. The van der Waals surface area contributed by atoms with E-state index in [0.29, 0.717) is 11.3 Å². The first-order chi connectivity index (χ1) is 9.00. The van der Waals surface area contributed by atoms with Gasteiger partial charge in [0.05, 0.1) is 0 Å². The van der Waals surface area contributed by atoms with Gasteiger partial charge in [-0.3, -0.25) is 0 Å². The summed E-state index contributed by atoms with van der Waals surface area (Å²) in [6.07, 6.45) is 10.8. The van der Waals surface area contributed by atoms with E-state index in [1.807, 2.05) is 0 Å². The van der Waals surface area contributed by atoms with Crippen LogP contribution < -0.4 is 0 Å². The molecule has 1 unspecified atom stereocenters. The van der Waals surface area contributed by atoms with Crippen LogP contribution in [-0.2, 0) is 0 Å². The number of allylic oxidation sites excluding steroid dienone is 2. The minimum Gasteiger partial charge on any atom is -0.310 e. The van der Waals surface area contributed by atoms with Crippen molar-refractivity contribution in [3.8, 4) is 0 Å². The fourth-order valence-electron chi connectivity index (χ4n) is 3.56. The molecular formula is C18H33N. The first kappa shape index (κ1) is 16.5. The quantitative estimate of drug-likeness (QED) is 0.390. The third-order valence-corrected chi connectivity index (χ3v) is 5.29. The number of nitrogens with one attached hydrogen (secondary N) is 1. The van der Waals surface area contributed by atoms with Crippen molar-refractivity contribution in [3.05, 3.63) is 11.6 Å². The molecule has 1 N–H and O–H groups in total. The van der Waals surface area contributed by atoms with Gasteiger partial charge < -0.3 is 5.41 Å². The SMILES string of the molecule is CCCC(C/C=C(\C)[C@]1(CC)C[C@@H]1C)CC(=N)CC. The van der Waals surface area contributed by atoms with Crippen LogP contribution in [0.25, 0.3) is 0 Å². The second-order valence-corrected chi connectivity index (χ2v) is 6.55. The molecule has 110 valence electrons. The van der Waals surface area contributed by atoms with E-state index >= 15 is 0 Å². The minimum atomic E-state index is 0.537. The molecule has 19 heavy (non-hydrogen) atoms. The Hall–Kier alpha value is -0.590. The van der Waals surface area contributed by atoms with Gasteiger partial charge >= 0.3 is 0 Å². The van der Waals surface area contributed by atoms with E-state index in [-0.39, 0.29) is 0 Å². The normalized spacial score (nSPS) is 28.3. The highest BCUT2D eigenvalue weighted by Crippen LogP contribution is 2.59. The van der Waals surface area contributed by atoms with Gasteiger partial charge in [0.1, 0.15) is 0 Å². The molecule has 1 aliphatic rings. The van der Waals surface area contributed by atoms with Crippen molar-refractivity contribution in [1.82, 2.24) is 0 Å². The minimum absolute atomic E-state index is 0.537. The highest BCUT2D eigenvalue weighted by Gasteiger charge is 2.50. The molecule has 0 radical (unpaired) electrons. The predicted molar refractivity (Wildman–Crippen MR) is 85.9 cm³/mol. The molecule has 1 rings (SSSR count). The molecule has 0 amide bonds. The average Bonchev–Trinajstić information content (AvgIpc) is 3.07. The van der Waals surface area contributed by atoms with E-state index < -0.39 is 0 Å². The Bertz CT molecular complexity index is 325. The van der Waals surface area contributed by atoms with Gasteiger partial charge in [-0.25, -0.2) is 0 Å². The molecule has 0 aromatic carbocycles. The van der Waals surface area contributed by atoms with Crippen molar-refractivity contribution < 1.29 is 0 Å². The van der Waals surface area contributed by atoms with Gasteiger partial charge in [0.25, 0.3) is 0 Å². The monoisotopic (exact) mass is 263 g/mol. The number of hydrogen-bond acceptors (Lipinski definition) is 1. The van der Waals surface area contributed by atoms with Crippen molar-refractivity contribution in [1.29, 1.82) is 5.41 Å². The van der Waals surface area contributed by atoms with E-state index in [0.717, 1.165) is 24.5 Å². The lowest BCUT2D eigenvalue weighted by Crippen LogP contribution is -2.08. The predicted octanol–water partition coefficient (Wildman–Crippen LogP) is 6.00. The zero-order chi connectivity index (χ0) is 14.5. The van der Waals surface area contributed by atoms with Gasteiger partial charge in [-0.2, -0.15) is 0 Å². The van der Waals surface area contributed by atoms with E-state index in [9.17, 15) is 0 Å². The van der Waals surface area contributed by atoms with Gasteiger partial charge in [-0.15, -0.1) is 0 Å². The van der Waals surface area contributed by atoms with Crippen LogP contribution in [0, 0.1) is 22.7 Å². The molecule has 1 heteroatoms. The lowest BCUT2D eigenvalue weighted by atomic mass is 9.87. The fraction of sp³-hybridized carbons (Fsp3) is 0.833. The van der Waals surface area contributed by atoms with Crippen LogP contribution in [0.1, 0.15) is 79.6 Å². The van der Waals surface area contributed by atoms with Crippen molar-refractivity contribution in [3.63, 3.8) is 0 Å². The second kappa shape index (κ2) is 7.26. The van der Waals surface area contributed by atoms with Gasteiger partial charge in [-0.1, -0.05) is 52.2 Å². The van der Waals surface area contributed by atoms with Crippen LogP contribution in [0.5, 0.6) is 0 Å². The summed E-state index contributed by atoms with van der Waals surface area (Å²) in [4.78, 5) is 0. The van der Waals surface area contributed by atoms with Crippen LogP contribution in [0.15, 0.2) is 11.6 Å². The molecule has 3 atom stereocenters. The first-order valence-corrected chi connectivity index (χ1v) is 8.23. The Morgan fingerprint density at radius 3 is 2.42 bits per heavy atom. The average molecular weight is 263 g/mol. The Kier molecular flexibility index (Phi) is 6.29. The highest BCUT2D eigenvalue weighted by atomic mass is 14.5. The lowest BCUT2D eigenvalue weighted by Gasteiger charge is -2.18. The smallest absolute Gasteiger partial charge is 0.00892 e. The Morgan fingerprint density at radius 1 is 1.37 bits per heavy atom. The van der Waals surface area contributed by atoms with E-state index in [1.165, 1.54) is 32.1 Å². The fourth-order valence-corrected chi connectivity index (χ4v) is 3.56. The third kappa shape index (κ3) is 4.19. The van der Waals surface area contributed by atoms with Gasteiger partial charge in [-0.05, 0) is 56.3 Å². The molecule has 1 nitrogen and oxygen atoms in total. The molecule has 0 spiro atoms. The van der Waals surface area contributed by atoms with Gasteiger partial charge in [0.15, 0.2) is 0 Å². The van der Waals surface area contributed by atoms with Crippen LogP contribution in [0.2, 0.25) is 0 Å². The maximum absolute atomic E-state index is 7.91. The van der Waals surface area contributed by atoms with Crippen LogP contribution in [0.3, 0.4) is 0 Å². The zero-order valence-electron chi connectivity index (χ0n) is 13.7. The van der Waals surface area contributed by atoms with E-state index in [2.05, 4.69) is 40.7 Å². The number of hydrogen-bond donors (Lipinski definition) is 1. The molecule has 0 bridgehead atoms. The summed E-state index contributed by atoms with van der Waals surface area (Å²) in [6.45, 7) is 11.4. The topological polar surface area (TPSA) is 23.9 Å². The second-order valence-electron chi connectivity index (χ2n) is 6.55. The summed E-state index contributed by atoms with van der Waals surface area (Å²) < 4.78 is 0. The van der Waals surface area contributed by atoms with Crippen LogP contribution >= 0.6 is 0 Å². The van der Waals surface area contributed by atoms with E-state index in [1.54, 1.807) is 5.57 Å². The van der Waals surface area contributed by atoms with Crippen molar-refractivity contribution >= 4 is 5.71 Å². The Balaban J connectivity index is 2.57. The highest BCUT2D eigenvalue weighted by molar-refractivity contribution is 5.81. The van der Waals surface area contributed by atoms with Crippen molar-refractivity contribution in [2.45, 2.75) is 79.6 Å². The maximum Gasteiger partial charge on any atom is 0.00892 e. The van der Waals surface area contributed by atoms with Gasteiger partial charge in [0.2, 0.25) is 0 Å². The largest absolute Gasteiger partial charge is 0.310 e. The summed E-state index contributed by atoms with van der Waals surface area (Å²) in [5, 5.41) is 7.91. The molecule has 0 aromatic rings. The molecule has 0 aliphatic heterocycles. The van der Waals surface area contributed by atoms with E-state index in [4.69, 9.17) is 5.41 Å². The molecule has 1 saturated carbocycles. The molecule has 0 aromatic heterocycles. The summed E-state index contributed by atoms with van der Waals surface area (Å²) in [6, 6.07) is 0. The molecule has 0 heterocycles. The van der Waals surface area contributed by atoms with Crippen molar-refractivity contribution in [2.24, 2.45) is 17.3 Å². The molecule has 1 aliphatic carbocycles. The molecule has 0 saturated heterocycles. The van der Waals surface area contributed by atoms with Crippen LogP contribution in [-0.4, -0.2) is 5.71 Å².